The van der Waals surface area contributed by atoms with E-state index in [1.54, 1.807) is 0 Å². The molecule has 0 aromatic rings. The summed E-state index contributed by atoms with van der Waals surface area (Å²) in [6.07, 6.45) is 7.54. The van der Waals surface area contributed by atoms with Crippen LogP contribution in [0.15, 0.2) is 12.7 Å². The minimum atomic E-state index is -0.335. The molecule has 4 aliphatic carbocycles. The Bertz CT molecular complexity index is 435. The molecule has 0 aromatic heterocycles. The van der Waals surface area contributed by atoms with Crippen LogP contribution in [-0.4, -0.2) is 23.8 Å². The smallest absolute Gasteiger partial charge is 0.330 e. The maximum Gasteiger partial charge on any atom is 0.330 e. The largest absolute Gasteiger partial charge is 0.456 e. The van der Waals surface area contributed by atoms with E-state index in [1.165, 1.54) is 12.5 Å². The summed E-state index contributed by atoms with van der Waals surface area (Å²) in [4.78, 5) is 11.8. The van der Waals surface area contributed by atoms with Gasteiger partial charge in [0.25, 0.3) is 0 Å². The lowest BCUT2D eigenvalue weighted by Gasteiger charge is -2.68. The molecular formula is C17H26O3. The number of ether oxygens (including phenoxy) is 2. The highest BCUT2D eigenvalue weighted by molar-refractivity contribution is 5.81. The Labute approximate surface area is 121 Å². The Morgan fingerprint density at radius 3 is 2.10 bits per heavy atom. The minimum absolute atomic E-state index is 0.0888. The van der Waals surface area contributed by atoms with Crippen LogP contribution in [0.5, 0.6) is 0 Å². The van der Waals surface area contributed by atoms with Gasteiger partial charge in [0.15, 0.2) is 0 Å². The van der Waals surface area contributed by atoms with Gasteiger partial charge in [0, 0.05) is 19.1 Å². The van der Waals surface area contributed by atoms with Crippen molar-refractivity contribution in [2.75, 3.05) is 6.61 Å². The maximum atomic E-state index is 11.8. The quantitative estimate of drug-likeness (QED) is 0.582. The molecule has 0 heterocycles. The van der Waals surface area contributed by atoms with E-state index < -0.39 is 0 Å². The predicted molar refractivity (Wildman–Crippen MR) is 77.3 cm³/mol. The maximum absolute atomic E-state index is 11.8. The molecule has 4 fully saturated rings. The van der Waals surface area contributed by atoms with Gasteiger partial charge in [-0.2, -0.15) is 0 Å². The van der Waals surface area contributed by atoms with Gasteiger partial charge in [-0.25, -0.2) is 4.79 Å². The van der Waals surface area contributed by atoms with Gasteiger partial charge < -0.3 is 9.47 Å². The Hall–Kier alpha value is -0.830. The zero-order valence-electron chi connectivity index (χ0n) is 13.0. The SMILES string of the molecule is C=CC(=O)OC12CC3(C)CC(C)(CC(OCC)(C3)C1)C2. The summed E-state index contributed by atoms with van der Waals surface area (Å²) < 4.78 is 12.1. The molecule has 4 saturated carbocycles. The second kappa shape index (κ2) is 4.09. The number of carbonyl (C=O) groups excluding carboxylic acids is 1. The molecule has 4 aliphatic rings. The van der Waals surface area contributed by atoms with Crippen LogP contribution < -0.4 is 0 Å². The van der Waals surface area contributed by atoms with Crippen LogP contribution in [0, 0.1) is 10.8 Å². The molecule has 4 bridgehead atoms. The fourth-order valence-electron chi connectivity index (χ4n) is 6.30. The van der Waals surface area contributed by atoms with Crippen LogP contribution in [0.3, 0.4) is 0 Å². The highest BCUT2D eigenvalue weighted by Crippen LogP contribution is 2.69. The summed E-state index contributed by atoms with van der Waals surface area (Å²) in [5, 5.41) is 0. The minimum Gasteiger partial charge on any atom is -0.456 e. The van der Waals surface area contributed by atoms with E-state index in [2.05, 4.69) is 27.4 Å². The summed E-state index contributed by atoms with van der Waals surface area (Å²) >= 11 is 0. The van der Waals surface area contributed by atoms with E-state index in [1.807, 2.05) is 0 Å². The van der Waals surface area contributed by atoms with Gasteiger partial charge in [-0.3, -0.25) is 0 Å². The zero-order valence-corrected chi connectivity index (χ0v) is 13.0. The Morgan fingerprint density at radius 2 is 1.60 bits per heavy atom. The summed E-state index contributed by atoms with van der Waals surface area (Å²) in [5.74, 6) is -0.286. The van der Waals surface area contributed by atoms with Crippen molar-refractivity contribution in [3.63, 3.8) is 0 Å². The van der Waals surface area contributed by atoms with Crippen LogP contribution in [0.25, 0.3) is 0 Å². The first-order valence-electron chi connectivity index (χ1n) is 7.75. The van der Waals surface area contributed by atoms with E-state index in [9.17, 15) is 4.79 Å². The highest BCUT2D eigenvalue weighted by Gasteiger charge is 2.67. The molecule has 2 atom stereocenters. The Balaban J connectivity index is 1.97. The van der Waals surface area contributed by atoms with Crippen LogP contribution in [0.4, 0.5) is 0 Å². The lowest BCUT2D eigenvalue weighted by Crippen LogP contribution is -2.67. The molecule has 0 spiro atoms. The molecule has 0 aliphatic heterocycles. The highest BCUT2D eigenvalue weighted by atomic mass is 16.6. The third-order valence-corrected chi connectivity index (χ3v) is 5.43. The van der Waals surface area contributed by atoms with E-state index in [-0.39, 0.29) is 28.0 Å². The van der Waals surface area contributed by atoms with E-state index >= 15 is 0 Å². The van der Waals surface area contributed by atoms with E-state index in [0.29, 0.717) is 0 Å². The number of esters is 1. The first kappa shape index (κ1) is 14.1. The predicted octanol–water partition coefficient (Wildman–Crippen LogP) is 3.62. The number of carbonyl (C=O) groups is 1. The topological polar surface area (TPSA) is 35.5 Å². The molecule has 0 aromatic carbocycles. The van der Waals surface area contributed by atoms with Crippen molar-refractivity contribution in [3.05, 3.63) is 12.7 Å². The zero-order chi connectivity index (χ0) is 14.6. The van der Waals surface area contributed by atoms with Crippen molar-refractivity contribution < 1.29 is 14.3 Å². The first-order valence-corrected chi connectivity index (χ1v) is 7.75. The van der Waals surface area contributed by atoms with Gasteiger partial charge in [0.1, 0.15) is 5.60 Å². The van der Waals surface area contributed by atoms with Crippen molar-refractivity contribution in [2.45, 2.75) is 70.5 Å². The average molecular weight is 278 g/mol. The molecule has 0 saturated heterocycles. The van der Waals surface area contributed by atoms with Gasteiger partial charge in [0.2, 0.25) is 0 Å². The fourth-order valence-corrected chi connectivity index (χ4v) is 6.30. The first-order chi connectivity index (χ1) is 9.26. The van der Waals surface area contributed by atoms with Crippen LogP contribution in [0.1, 0.15) is 59.3 Å². The van der Waals surface area contributed by atoms with Gasteiger partial charge >= 0.3 is 5.97 Å². The summed E-state index contributed by atoms with van der Waals surface area (Å²) in [7, 11) is 0. The summed E-state index contributed by atoms with van der Waals surface area (Å²) in [6, 6.07) is 0. The van der Waals surface area contributed by atoms with E-state index in [0.717, 1.165) is 38.7 Å². The normalized spacial score (nSPS) is 49.1. The molecule has 3 heteroatoms. The van der Waals surface area contributed by atoms with Crippen LogP contribution in [-0.2, 0) is 14.3 Å². The van der Waals surface area contributed by atoms with Gasteiger partial charge in [0.05, 0.1) is 5.60 Å². The molecule has 3 nitrogen and oxygen atoms in total. The lowest BCUT2D eigenvalue weighted by atomic mass is 9.42. The molecule has 0 radical (unpaired) electrons. The molecule has 2 unspecified atom stereocenters. The van der Waals surface area contributed by atoms with Crippen LogP contribution in [0.2, 0.25) is 0 Å². The average Bonchev–Trinajstić information content (AvgIpc) is 2.22. The summed E-state index contributed by atoms with van der Waals surface area (Å²) in [6.45, 7) is 11.0. The van der Waals surface area contributed by atoms with Gasteiger partial charge in [-0.1, -0.05) is 20.4 Å². The molecule has 4 rings (SSSR count). The van der Waals surface area contributed by atoms with E-state index in [4.69, 9.17) is 9.47 Å². The summed E-state index contributed by atoms with van der Waals surface area (Å²) in [5.41, 5.74) is 0.0490. The number of rotatable bonds is 4. The molecule has 112 valence electrons. The fraction of sp³-hybridized carbons (Fsp3) is 0.824. The van der Waals surface area contributed by atoms with Crippen molar-refractivity contribution in [3.8, 4) is 0 Å². The second-order valence-electron chi connectivity index (χ2n) is 8.11. The lowest BCUT2D eigenvalue weighted by molar-refractivity contribution is -0.270. The second-order valence-corrected chi connectivity index (χ2v) is 8.11. The Morgan fingerprint density at radius 1 is 1.05 bits per heavy atom. The third kappa shape index (κ3) is 2.11. The monoisotopic (exact) mass is 278 g/mol. The van der Waals surface area contributed by atoms with Crippen LogP contribution >= 0.6 is 0 Å². The molecule has 0 amide bonds. The van der Waals surface area contributed by atoms with Crippen molar-refractivity contribution in [1.29, 1.82) is 0 Å². The van der Waals surface area contributed by atoms with Gasteiger partial charge in [-0.05, 0) is 49.9 Å². The number of hydrogen-bond donors (Lipinski definition) is 0. The molecule has 0 N–H and O–H groups in total. The van der Waals surface area contributed by atoms with Crippen molar-refractivity contribution in [1.82, 2.24) is 0 Å². The van der Waals surface area contributed by atoms with Gasteiger partial charge in [-0.15, -0.1) is 0 Å². The third-order valence-electron chi connectivity index (χ3n) is 5.43. The van der Waals surface area contributed by atoms with Crippen molar-refractivity contribution in [2.24, 2.45) is 10.8 Å². The standard InChI is InChI=1S/C17H26O3/c1-5-13(18)20-17-10-14(3)7-15(4,11-17)9-16(8-14,12-17)19-6-2/h5H,1,6-12H2,2-4H3. The Kier molecular flexibility index (Phi) is 2.89. The van der Waals surface area contributed by atoms with Crippen molar-refractivity contribution >= 4 is 5.97 Å². The molecule has 20 heavy (non-hydrogen) atoms. The molecular weight excluding hydrogens is 252 g/mol. The number of hydrogen-bond acceptors (Lipinski definition) is 3.